The molecule has 1 unspecified atom stereocenters. The molecule has 0 radical (unpaired) electrons. The predicted molar refractivity (Wildman–Crippen MR) is 65.3 cm³/mol. The van der Waals surface area contributed by atoms with Crippen LogP contribution in [0.1, 0.15) is 50.3 Å². The third kappa shape index (κ3) is 2.57. The minimum Gasteiger partial charge on any atom is -0.448 e. The largest absolute Gasteiger partial charge is 0.448 e. The first-order valence-electron chi connectivity index (χ1n) is 6.73. The minimum absolute atomic E-state index is 0.125. The summed E-state index contributed by atoms with van der Waals surface area (Å²) in [4.78, 5) is 8.41. The van der Waals surface area contributed by atoms with Crippen molar-refractivity contribution in [3.05, 3.63) is 18.0 Å². The quantitative estimate of drug-likeness (QED) is 0.858. The SMILES string of the molecule is CCCc1nc(-c2noc(C3CCC(F)(F)C3)n2)co1. The van der Waals surface area contributed by atoms with Gasteiger partial charge in [-0.05, 0) is 12.8 Å². The molecular formula is C13H15F2N3O2. The average molecular weight is 283 g/mol. The molecule has 0 aliphatic heterocycles. The van der Waals surface area contributed by atoms with Gasteiger partial charge < -0.3 is 8.94 Å². The summed E-state index contributed by atoms with van der Waals surface area (Å²) >= 11 is 0. The van der Waals surface area contributed by atoms with E-state index in [0.29, 0.717) is 23.8 Å². The van der Waals surface area contributed by atoms with Crippen molar-refractivity contribution in [2.24, 2.45) is 0 Å². The third-order valence-corrected chi connectivity index (χ3v) is 3.44. The molecular weight excluding hydrogens is 268 g/mol. The number of rotatable bonds is 4. The highest BCUT2D eigenvalue weighted by atomic mass is 19.3. The smallest absolute Gasteiger partial charge is 0.248 e. The number of alkyl halides is 2. The van der Waals surface area contributed by atoms with Gasteiger partial charge in [0.2, 0.25) is 17.6 Å². The van der Waals surface area contributed by atoms with Gasteiger partial charge in [-0.3, -0.25) is 0 Å². The maximum Gasteiger partial charge on any atom is 0.248 e. The molecule has 7 heteroatoms. The van der Waals surface area contributed by atoms with Crippen LogP contribution in [0.4, 0.5) is 8.78 Å². The molecule has 1 saturated carbocycles. The Morgan fingerprint density at radius 1 is 1.40 bits per heavy atom. The second kappa shape index (κ2) is 4.96. The summed E-state index contributed by atoms with van der Waals surface area (Å²) in [6.45, 7) is 2.02. The molecule has 0 bridgehead atoms. The Bertz CT molecular complexity index is 594. The van der Waals surface area contributed by atoms with Gasteiger partial charge in [0, 0.05) is 25.2 Å². The lowest BCUT2D eigenvalue weighted by atomic mass is 10.1. The van der Waals surface area contributed by atoms with E-state index in [2.05, 4.69) is 15.1 Å². The lowest BCUT2D eigenvalue weighted by molar-refractivity contribution is 0.00690. The topological polar surface area (TPSA) is 65.0 Å². The van der Waals surface area contributed by atoms with Crippen LogP contribution in [-0.2, 0) is 6.42 Å². The zero-order valence-electron chi connectivity index (χ0n) is 11.1. The molecule has 3 rings (SSSR count). The number of aryl methyl sites for hydroxylation is 1. The van der Waals surface area contributed by atoms with Crippen LogP contribution in [0.15, 0.2) is 15.2 Å². The number of aromatic nitrogens is 3. The second-order valence-electron chi connectivity index (χ2n) is 5.13. The lowest BCUT2D eigenvalue weighted by Crippen LogP contribution is -2.09. The van der Waals surface area contributed by atoms with Gasteiger partial charge >= 0.3 is 0 Å². The normalized spacial score (nSPS) is 21.4. The van der Waals surface area contributed by atoms with Crippen molar-refractivity contribution in [3.63, 3.8) is 0 Å². The molecule has 0 saturated heterocycles. The summed E-state index contributed by atoms with van der Waals surface area (Å²) in [7, 11) is 0. The van der Waals surface area contributed by atoms with Crippen molar-refractivity contribution in [1.82, 2.24) is 15.1 Å². The van der Waals surface area contributed by atoms with Crippen molar-refractivity contribution in [3.8, 4) is 11.5 Å². The van der Waals surface area contributed by atoms with Gasteiger partial charge in [-0.15, -0.1) is 0 Å². The maximum absolute atomic E-state index is 13.2. The highest BCUT2D eigenvalue weighted by Crippen LogP contribution is 2.43. The van der Waals surface area contributed by atoms with Crippen LogP contribution < -0.4 is 0 Å². The fourth-order valence-corrected chi connectivity index (χ4v) is 2.41. The van der Waals surface area contributed by atoms with Gasteiger partial charge in [0.15, 0.2) is 5.89 Å². The predicted octanol–water partition coefficient (Wildman–Crippen LogP) is 3.58. The van der Waals surface area contributed by atoms with Gasteiger partial charge in [-0.25, -0.2) is 13.8 Å². The standard InChI is InChI=1S/C13H15F2N3O2/c1-2-3-10-16-9(7-19-10)11-17-12(20-18-11)8-4-5-13(14,15)6-8/h7-8H,2-6H2,1H3. The lowest BCUT2D eigenvalue weighted by Gasteiger charge is -2.05. The molecule has 1 aliphatic carbocycles. The number of hydrogen-bond donors (Lipinski definition) is 0. The number of oxazole rings is 1. The van der Waals surface area contributed by atoms with Gasteiger partial charge in [-0.1, -0.05) is 12.1 Å². The summed E-state index contributed by atoms with van der Waals surface area (Å²) in [6, 6.07) is 0. The van der Waals surface area contributed by atoms with Gasteiger partial charge in [0.05, 0.1) is 0 Å². The van der Waals surface area contributed by atoms with E-state index in [1.807, 2.05) is 6.92 Å². The molecule has 2 heterocycles. The van der Waals surface area contributed by atoms with E-state index in [1.165, 1.54) is 6.26 Å². The average Bonchev–Trinajstić information content (AvgIpc) is 3.07. The second-order valence-corrected chi connectivity index (χ2v) is 5.13. The number of hydrogen-bond acceptors (Lipinski definition) is 5. The fraction of sp³-hybridized carbons (Fsp3) is 0.615. The third-order valence-electron chi connectivity index (χ3n) is 3.44. The molecule has 0 amide bonds. The molecule has 0 aromatic carbocycles. The van der Waals surface area contributed by atoms with E-state index in [0.717, 1.165) is 12.8 Å². The first kappa shape index (κ1) is 13.2. The van der Waals surface area contributed by atoms with Crippen LogP contribution in [0, 0.1) is 0 Å². The van der Waals surface area contributed by atoms with Crippen LogP contribution in [-0.4, -0.2) is 21.0 Å². The Morgan fingerprint density at radius 2 is 2.25 bits per heavy atom. The van der Waals surface area contributed by atoms with Crippen LogP contribution in [0.5, 0.6) is 0 Å². The van der Waals surface area contributed by atoms with E-state index in [9.17, 15) is 8.78 Å². The zero-order chi connectivity index (χ0) is 14.2. The summed E-state index contributed by atoms with van der Waals surface area (Å²) in [5, 5.41) is 3.80. The number of halogens is 2. The van der Waals surface area contributed by atoms with Crippen molar-refractivity contribution in [1.29, 1.82) is 0 Å². The summed E-state index contributed by atoms with van der Waals surface area (Å²) < 4.78 is 36.7. The van der Waals surface area contributed by atoms with Crippen LogP contribution >= 0.6 is 0 Å². The Kier molecular flexibility index (Phi) is 3.27. The Labute approximate surface area is 114 Å². The highest BCUT2D eigenvalue weighted by Gasteiger charge is 2.42. The molecule has 0 N–H and O–H groups in total. The molecule has 1 fully saturated rings. The zero-order valence-corrected chi connectivity index (χ0v) is 11.1. The summed E-state index contributed by atoms with van der Waals surface area (Å²) in [5.41, 5.74) is 0.480. The van der Waals surface area contributed by atoms with Crippen molar-refractivity contribution in [2.45, 2.75) is 50.9 Å². The Balaban J connectivity index is 1.76. The molecule has 20 heavy (non-hydrogen) atoms. The fourth-order valence-electron chi connectivity index (χ4n) is 2.41. The first-order chi connectivity index (χ1) is 9.57. The molecule has 1 atom stereocenters. The molecule has 2 aromatic heterocycles. The number of nitrogens with zero attached hydrogens (tertiary/aromatic N) is 3. The molecule has 108 valence electrons. The van der Waals surface area contributed by atoms with Crippen LogP contribution in [0.3, 0.4) is 0 Å². The van der Waals surface area contributed by atoms with E-state index in [4.69, 9.17) is 8.94 Å². The Morgan fingerprint density at radius 3 is 2.95 bits per heavy atom. The van der Waals surface area contributed by atoms with E-state index >= 15 is 0 Å². The van der Waals surface area contributed by atoms with Crippen LogP contribution in [0.25, 0.3) is 11.5 Å². The van der Waals surface area contributed by atoms with Gasteiger partial charge in [0.25, 0.3) is 0 Å². The van der Waals surface area contributed by atoms with E-state index in [-0.39, 0.29) is 24.7 Å². The molecule has 5 nitrogen and oxygen atoms in total. The summed E-state index contributed by atoms with van der Waals surface area (Å²) in [5.74, 6) is -1.82. The van der Waals surface area contributed by atoms with Crippen molar-refractivity contribution in [2.75, 3.05) is 0 Å². The highest BCUT2D eigenvalue weighted by molar-refractivity contribution is 5.45. The minimum atomic E-state index is -2.62. The van der Waals surface area contributed by atoms with E-state index < -0.39 is 5.92 Å². The maximum atomic E-state index is 13.2. The van der Waals surface area contributed by atoms with Gasteiger partial charge in [-0.2, -0.15) is 4.98 Å². The Hall–Kier alpha value is -1.79. The molecule has 0 spiro atoms. The van der Waals surface area contributed by atoms with Crippen LogP contribution in [0.2, 0.25) is 0 Å². The summed E-state index contributed by atoms with van der Waals surface area (Å²) in [6.07, 6.45) is 3.14. The van der Waals surface area contributed by atoms with Crippen molar-refractivity contribution < 1.29 is 17.7 Å². The molecule has 1 aliphatic rings. The van der Waals surface area contributed by atoms with Gasteiger partial charge in [0.1, 0.15) is 12.0 Å². The molecule has 2 aromatic rings. The van der Waals surface area contributed by atoms with Crippen molar-refractivity contribution >= 4 is 0 Å². The monoisotopic (exact) mass is 283 g/mol. The van der Waals surface area contributed by atoms with E-state index in [1.54, 1.807) is 0 Å². The first-order valence-corrected chi connectivity index (χ1v) is 6.73.